The van der Waals surface area contributed by atoms with Gasteiger partial charge in [-0.25, -0.2) is 15.0 Å². The quantitative estimate of drug-likeness (QED) is 0.211. The summed E-state index contributed by atoms with van der Waals surface area (Å²) in [6.45, 7) is 0. The molecule has 3 heterocycles. The van der Waals surface area contributed by atoms with Gasteiger partial charge in [-0.05, 0) is 24.2 Å². The van der Waals surface area contributed by atoms with Crippen LogP contribution >= 0.6 is 0 Å². The van der Waals surface area contributed by atoms with E-state index in [1.165, 1.54) is 12.1 Å². The van der Waals surface area contributed by atoms with E-state index in [0.717, 1.165) is 21.9 Å². The van der Waals surface area contributed by atoms with Crippen LogP contribution in [0, 0.1) is 0 Å². The summed E-state index contributed by atoms with van der Waals surface area (Å²) in [6.07, 6.45) is 0. The van der Waals surface area contributed by atoms with E-state index in [0.29, 0.717) is 39.9 Å². The topological polar surface area (TPSA) is 56.7 Å². The maximum absolute atomic E-state index is 8.92. The van der Waals surface area contributed by atoms with Crippen molar-refractivity contribution in [2.24, 2.45) is 0 Å². The first-order chi connectivity index (χ1) is 24.3. The first kappa shape index (κ1) is 19.2. The van der Waals surface area contributed by atoms with Gasteiger partial charge in [-0.2, -0.15) is 0 Å². The van der Waals surface area contributed by atoms with E-state index in [4.69, 9.17) is 27.6 Å². The molecule has 44 heavy (non-hydrogen) atoms. The van der Waals surface area contributed by atoms with Crippen LogP contribution < -0.4 is 0 Å². The molecule has 6 aromatic carbocycles. The summed E-state index contributed by atoms with van der Waals surface area (Å²) >= 11 is 0. The normalized spacial score (nSPS) is 13.5. The standard InChI is InChI=1S/C39H24N4O/c1-3-13-25(14-4-1)37-40-38(26-15-5-2-6-16-26)42-39(41-37)31-21-11-19-29-30-20-12-24-34(36(30)44-35(29)31)43-32-22-9-7-17-27(32)28-18-8-10-23-33(28)43/h1-24H/i7D,8D,17D,18D,22D,23D. The van der Waals surface area contributed by atoms with Gasteiger partial charge in [0.1, 0.15) is 5.58 Å². The van der Waals surface area contributed by atoms with Crippen LogP contribution in [0.15, 0.2) is 150 Å². The van der Waals surface area contributed by atoms with Crippen LogP contribution in [0.2, 0.25) is 0 Å². The maximum Gasteiger partial charge on any atom is 0.167 e. The van der Waals surface area contributed by atoms with Crippen LogP contribution in [0.4, 0.5) is 0 Å². The highest BCUT2D eigenvalue weighted by atomic mass is 16.3. The second-order valence-electron chi connectivity index (χ2n) is 10.4. The molecule has 0 aliphatic rings. The maximum atomic E-state index is 8.92. The molecule has 9 rings (SSSR count). The molecule has 0 spiro atoms. The van der Waals surface area contributed by atoms with E-state index in [-0.39, 0.29) is 58.1 Å². The summed E-state index contributed by atoms with van der Waals surface area (Å²) in [7, 11) is 0. The third kappa shape index (κ3) is 3.76. The second kappa shape index (κ2) is 9.75. The van der Waals surface area contributed by atoms with Gasteiger partial charge in [0.25, 0.3) is 0 Å². The summed E-state index contributed by atoms with van der Waals surface area (Å²) in [5.74, 6) is 1.45. The lowest BCUT2D eigenvalue weighted by Crippen LogP contribution is -2.00. The van der Waals surface area contributed by atoms with Crippen molar-refractivity contribution in [3.05, 3.63) is 145 Å². The van der Waals surface area contributed by atoms with Crippen LogP contribution in [-0.2, 0) is 0 Å². The van der Waals surface area contributed by atoms with Crippen LogP contribution in [0.3, 0.4) is 0 Å². The Labute approximate surface area is 261 Å². The Bertz CT molecular complexity index is 2700. The summed E-state index contributed by atoms with van der Waals surface area (Å²) in [5, 5.41) is 1.93. The van der Waals surface area contributed by atoms with Crippen molar-refractivity contribution in [2.75, 3.05) is 0 Å². The molecule has 0 N–H and O–H groups in total. The highest BCUT2D eigenvalue weighted by Gasteiger charge is 2.21. The minimum absolute atomic E-state index is 0.0385. The molecule has 0 saturated carbocycles. The molecule has 9 aromatic rings. The number of hydrogen-bond donors (Lipinski definition) is 0. The Morgan fingerprint density at radius 2 is 1.02 bits per heavy atom. The molecule has 0 unspecified atom stereocenters. The average molecular weight is 571 g/mol. The van der Waals surface area contributed by atoms with Gasteiger partial charge in [0.15, 0.2) is 23.1 Å². The van der Waals surface area contributed by atoms with E-state index >= 15 is 0 Å². The van der Waals surface area contributed by atoms with Crippen molar-refractivity contribution in [1.29, 1.82) is 0 Å². The van der Waals surface area contributed by atoms with Crippen molar-refractivity contribution in [3.8, 4) is 39.9 Å². The Hall–Kier alpha value is -6.07. The molecule has 0 atom stereocenters. The molecule has 0 radical (unpaired) electrons. The zero-order valence-corrected chi connectivity index (χ0v) is 23.1. The largest absolute Gasteiger partial charge is 0.453 e. The third-order valence-electron chi connectivity index (χ3n) is 7.81. The second-order valence-corrected chi connectivity index (χ2v) is 10.4. The molecule has 0 fully saturated rings. The van der Waals surface area contributed by atoms with E-state index < -0.39 is 0 Å². The van der Waals surface area contributed by atoms with Gasteiger partial charge < -0.3 is 8.98 Å². The van der Waals surface area contributed by atoms with E-state index in [9.17, 15) is 0 Å². The van der Waals surface area contributed by atoms with Gasteiger partial charge in [0.05, 0.1) is 30.5 Å². The molecule has 0 aliphatic heterocycles. The molecule has 0 saturated heterocycles. The monoisotopic (exact) mass is 570 g/mol. The Balaban J connectivity index is 1.36. The van der Waals surface area contributed by atoms with Crippen LogP contribution in [-0.4, -0.2) is 19.5 Å². The highest BCUT2D eigenvalue weighted by Crippen LogP contribution is 2.40. The first-order valence-electron chi connectivity index (χ1n) is 17.1. The molecule has 0 amide bonds. The molecule has 206 valence electrons. The zero-order valence-electron chi connectivity index (χ0n) is 29.1. The predicted molar refractivity (Wildman–Crippen MR) is 178 cm³/mol. The van der Waals surface area contributed by atoms with Crippen LogP contribution in [0.5, 0.6) is 0 Å². The number of aromatic nitrogens is 4. The highest BCUT2D eigenvalue weighted by molar-refractivity contribution is 6.14. The van der Waals surface area contributed by atoms with E-state index in [1.54, 1.807) is 4.57 Å². The lowest BCUT2D eigenvalue weighted by Gasteiger charge is -2.09. The van der Waals surface area contributed by atoms with Crippen LogP contribution in [0.1, 0.15) is 8.22 Å². The van der Waals surface area contributed by atoms with Crippen molar-refractivity contribution < 1.29 is 12.6 Å². The van der Waals surface area contributed by atoms with Crippen molar-refractivity contribution >= 4 is 43.7 Å². The minimum Gasteiger partial charge on any atom is -0.453 e. The number of furan rings is 1. The summed E-state index contributed by atoms with van der Waals surface area (Å²) in [6, 6.07) is 32.6. The van der Waals surface area contributed by atoms with Gasteiger partial charge in [-0.1, -0.05) is 121 Å². The molecule has 3 aromatic heterocycles. The summed E-state index contributed by atoms with van der Waals surface area (Å²) < 4.78 is 60.5. The average Bonchev–Trinajstić information content (AvgIpc) is 3.71. The van der Waals surface area contributed by atoms with Gasteiger partial charge in [0, 0.05) is 32.7 Å². The fourth-order valence-electron chi connectivity index (χ4n) is 5.84. The molecule has 5 nitrogen and oxygen atoms in total. The predicted octanol–water partition coefficient (Wildman–Crippen LogP) is 9.87. The fourth-order valence-corrected chi connectivity index (χ4v) is 5.84. The van der Waals surface area contributed by atoms with Crippen molar-refractivity contribution in [2.45, 2.75) is 0 Å². The SMILES string of the molecule is [2H]c1cc([2H])c2c(c1[2H])c1c([2H])c([2H])cc([2H])c1n2-c1cccc2c1oc1c(-c3nc(-c4ccccc4)nc(-c4ccccc4)n3)cccc12. The molecular formula is C39H24N4O. The lowest BCUT2D eigenvalue weighted by atomic mass is 10.1. The van der Waals surface area contributed by atoms with Crippen LogP contribution in [0.25, 0.3) is 83.6 Å². The number of hydrogen-bond acceptors (Lipinski definition) is 4. The zero-order chi connectivity index (χ0) is 34.3. The molecule has 0 bridgehead atoms. The number of rotatable bonds is 4. The van der Waals surface area contributed by atoms with Gasteiger partial charge >= 0.3 is 0 Å². The Morgan fingerprint density at radius 3 is 1.64 bits per heavy atom. The smallest absolute Gasteiger partial charge is 0.167 e. The van der Waals surface area contributed by atoms with E-state index in [1.807, 2.05) is 97.1 Å². The number of para-hydroxylation sites is 4. The van der Waals surface area contributed by atoms with Gasteiger partial charge in [-0.15, -0.1) is 0 Å². The minimum atomic E-state index is -0.171. The molecular weight excluding hydrogens is 540 g/mol. The fraction of sp³-hybridized carbons (Fsp3) is 0. The summed E-state index contributed by atoms with van der Waals surface area (Å²) in [4.78, 5) is 14.7. The number of benzene rings is 6. The number of fused-ring (bicyclic) bond motifs is 6. The Kier molecular flexibility index (Phi) is 4.25. The summed E-state index contributed by atoms with van der Waals surface area (Å²) in [5.41, 5.74) is 4.32. The third-order valence-corrected chi connectivity index (χ3v) is 7.81. The first-order valence-corrected chi connectivity index (χ1v) is 14.1. The molecule has 5 heteroatoms. The number of nitrogens with zero attached hydrogens (tertiary/aromatic N) is 4. The van der Waals surface area contributed by atoms with Gasteiger partial charge in [-0.3, -0.25) is 0 Å². The van der Waals surface area contributed by atoms with Crippen molar-refractivity contribution in [3.63, 3.8) is 0 Å². The van der Waals surface area contributed by atoms with E-state index in [2.05, 4.69) is 0 Å². The van der Waals surface area contributed by atoms with Gasteiger partial charge in [0.2, 0.25) is 0 Å². The van der Waals surface area contributed by atoms with Crippen molar-refractivity contribution in [1.82, 2.24) is 19.5 Å². The molecule has 0 aliphatic carbocycles. The Morgan fingerprint density at radius 1 is 0.477 bits per heavy atom. The lowest BCUT2D eigenvalue weighted by molar-refractivity contribution is 0.667.